The molecule has 7 nitrogen and oxygen atoms in total. The van der Waals surface area contributed by atoms with E-state index in [1.807, 2.05) is 10.6 Å². The summed E-state index contributed by atoms with van der Waals surface area (Å²) in [7, 11) is 0. The van der Waals surface area contributed by atoms with Gasteiger partial charge in [-0.3, -0.25) is 9.36 Å². The molecule has 7 heteroatoms. The largest absolute Gasteiger partial charge is 0.369 e. The summed E-state index contributed by atoms with van der Waals surface area (Å²) in [6.07, 6.45) is 2.56. The van der Waals surface area contributed by atoms with E-state index in [9.17, 15) is 4.79 Å². The lowest BCUT2D eigenvalue weighted by atomic mass is 10.0. The van der Waals surface area contributed by atoms with Crippen LogP contribution in [-0.2, 0) is 6.42 Å². The Balaban J connectivity index is 1.25. The zero-order valence-corrected chi connectivity index (χ0v) is 19.8. The van der Waals surface area contributed by atoms with Crippen LogP contribution in [-0.4, -0.2) is 40.7 Å². The van der Waals surface area contributed by atoms with Crippen molar-refractivity contribution in [1.82, 2.24) is 19.9 Å². The Hall–Kier alpha value is -4.23. The second-order valence-corrected chi connectivity index (χ2v) is 9.51. The number of hydrogen-bond donors (Lipinski definition) is 2. The van der Waals surface area contributed by atoms with Gasteiger partial charge >= 0.3 is 0 Å². The van der Waals surface area contributed by atoms with Gasteiger partial charge in [0.05, 0.1) is 6.04 Å². The standard InChI is InChI=1S/C29H26N6O/c36-26-12-7-21-18-31-29(32-22-8-10-23(11-9-22)34-15-13-30-14-16-34)33-28(21)35(26)25-17-20-5-1-3-19-4-2-6-24(25)27(19)20/h1-12,18,25,30H,13-17H2,(H,31,32,33). The monoisotopic (exact) mass is 474 g/mol. The Bertz CT molecular complexity index is 1650. The minimum atomic E-state index is -0.0941. The molecule has 3 aromatic carbocycles. The molecule has 0 bridgehead atoms. The number of pyridine rings is 1. The Labute approximate surface area is 208 Å². The van der Waals surface area contributed by atoms with E-state index in [2.05, 4.69) is 81.2 Å². The number of hydrogen-bond acceptors (Lipinski definition) is 6. The van der Waals surface area contributed by atoms with Crippen LogP contribution in [0.5, 0.6) is 0 Å². The average molecular weight is 475 g/mol. The van der Waals surface area contributed by atoms with Gasteiger partial charge in [-0.1, -0.05) is 36.4 Å². The van der Waals surface area contributed by atoms with Gasteiger partial charge in [-0.25, -0.2) is 4.98 Å². The summed E-state index contributed by atoms with van der Waals surface area (Å²) >= 11 is 0. The molecular formula is C29H26N6O. The third kappa shape index (κ3) is 3.51. The number of fused-ring (bicyclic) bond motifs is 1. The van der Waals surface area contributed by atoms with Gasteiger partial charge in [0.15, 0.2) is 0 Å². The molecule has 2 aromatic heterocycles. The van der Waals surface area contributed by atoms with Gasteiger partial charge in [0, 0.05) is 55.2 Å². The maximum atomic E-state index is 13.2. The molecule has 1 aliphatic carbocycles. The van der Waals surface area contributed by atoms with Gasteiger partial charge in [0.25, 0.3) is 5.56 Å². The molecule has 1 aliphatic heterocycles. The molecule has 2 N–H and O–H groups in total. The third-order valence-corrected chi connectivity index (χ3v) is 7.38. The minimum Gasteiger partial charge on any atom is -0.369 e. The molecule has 1 saturated heterocycles. The molecule has 1 atom stereocenters. The highest BCUT2D eigenvalue weighted by Crippen LogP contribution is 2.39. The highest BCUT2D eigenvalue weighted by molar-refractivity contribution is 5.91. The normalized spacial score (nSPS) is 17.1. The van der Waals surface area contributed by atoms with E-state index >= 15 is 0 Å². The van der Waals surface area contributed by atoms with Gasteiger partial charge in [0.1, 0.15) is 5.65 Å². The molecule has 1 fully saturated rings. The number of nitrogens with zero attached hydrogens (tertiary/aromatic N) is 4. The van der Waals surface area contributed by atoms with Crippen molar-refractivity contribution in [3.8, 4) is 0 Å². The molecule has 36 heavy (non-hydrogen) atoms. The van der Waals surface area contributed by atoms with Crippen LogP contribution in [0.3, 0.4) is 0 Å². The van der Waals surface area contributed by atoms with Gasteiger partial charge in [-0.2, -0.15) is 4.98 Å². The first-order valence-corrected chi connectivity index (χ1v) is 12.5. The Morgan fingerprint density at radius 3 is 2.53 bits per heavy atom. The van der Waals surface area contributed by atoms with Gasteiger partial charge < -0.3 is 15.5 Å². The number of aromatic nitrogens is 3. The second kappa shape index (κ2) is 8.46. The molecule has 7 rings (SSSR count). The van der Waals surface area contributed by atoms with Crippen LogP contribution in [0.25, 0.3) is 21.8 Å². The first kappa shape index (κ1) is 21.1. The van der Waals surface area contributed by atoms with Crippen molar-refractivity contribution in [2.45, 2.75) is 12.5 Å². The van der Waals surface area contributed by atoms with Crippen molar-refractivity contribution in [2.75, 3.05) is 36.4 Å². The van der Waals surface area contributed by atoms with Crippen LogP contribution in [0, 0.1) is 0 Å². The van der Waals surface area contributed by atoms with Crippen LogP contribution >= 0.6 is 0 Å². The van der Waals surface area contributed by atoms with Crippen molar-refractivity contribution >= 4 is 39.1 Å². The molecule has 178 valence electrons. The molecule has 0 spiro atoms. The molecular weight excluding hydrogens is 448 g/mol. The van der Waals surface area contributed by atoms with Gasteiger partial charge in [0.2, 0.25) is 5.95 Å². The smallest absolute Gasteiger partial charge is 0.252 e. The summed E-state index contributed by atoms with van der Waals surface area (Å²) in [5, 5.41) is 10.0. The van der Waals surface area contributed by atoms with E-state index in [0.29, 0.717) is 11.6 Å². The van der Waals surface area contributed by atoms with E-state index < -0.39 is 0 Å². The van der Waals surface area contributed by atoms with Gasteiger partial charge in [-0.15, -0.1) is 0 Å². The Morgan fingerprint density at radius 2 is 1.69 bits per heavy atom. The predicted molar refractivity (Wildman–Crippen MR) is 144 cm³/mol. The Kier molecular flexibility index (Phi) is 4.96. The topological polar surface area (TPSA) is 75.1 Å². The number of rotatable bonds is 4. The second-order valence-electron chi connectivity index (χ2n) is 9.51. The van der Waals surface area contributed by atoms with E-state index in [0.717, 1.165) is 43.7 Å². The highest BCUT2D eigenvalue weighted by atomic mass is 16.1. The SMILES string of the molecule is O=c1ccc2cnc(Nc3ccc(N4CCNCC4)cc3)nc2n1C1Cc2cccc3cccc1c23. The lowest BCUT2D eigenvalue weighted by Gasteiger charge is -2.29. The lowest BCUT2D eigenvalue weighted by Crippen LogP contribution is -2.43. The summed E-state index contributed by atoms with van der Waals surface area (Å²) < 4.78 is 1.84. The Morgan fingerprint density at radius 1 is 0.889 bits per heavy atom. The number of piperazine rings is 1. The van der Waals surface area contributed by atoms with Crippen molar-refractivity contribution in [2.24, 2.45) is 0 Å². The quantitative estimate of drug-likeness (QED) is 0.406. The zero-order chi connectivity index (χ0) is 24.1. The first-order valence-electron chi connectivity index (χ1n) is 12.5. The summed E-state index contributed by atoms with van der Waals surface area (Å²) in [6.45, 7) is 4.04. The molecule has 1 unspecified atom stereocenters. The van der Waals surface area contributed by atoms with Crippen molar-refractivity contribution in [1.29, 1.82) is 0 Å². The van der Waals surface area contributed by atoms with Crippen LogP contribution in [0.15, 0.2) is 83.8 Å². The number of anilines is 3. The minimum absolute atomic E-state index is 0.0534. The fraction of sp³-hybridized carbons (Fsp3) is 0.207. The van der Waals surface area contributed by atoms with Crippen LogP contribution < -0.4 is 21.1 Å². The lowest BCUT2D eigenvalue weighted by molar-refractivity contribution is 0.589. The molecule has 0 radical (unpaired) electrons. The first-order chi connectivity index (χ1) is 17.7. The summed E-state index contributed by atoms with van der Waals surface area (Å²) in [5.41, 5.74) is 5.17. The fourth-order valence-corrected chi connectivity index (χ4v) is 5.65. The maximum absolute atomic E-state index is 13.2. The van der Waals surface area contributed by atoms with Crippen molar-refractivity contribution < 1.29 is 0 Å². The van der Waals surface area contributed by atoms with Crippen LogP contribution in [0.4, 0.5) is 17.3 Å². The van der Waals surface area contributed by atoms with E-state index in [4.69, 9.17) is 4.98 Å². The molecule has 2 aliphatic rings. The predicted octanol–water partition coefficient (Wildman–Crippen LogP) is 4.24. The highest BCUT2D eigenvalue weighted by Gasteiger charge is 2.27. The molecule has 3 heterocycles. The number of benzene rings is 3. The van der Waals surface area contributed by atoms with Crippen LogP contribution in [0.2, 0.25) is 0 Å². The fourth-order valence-electron chi connectivity index (χ4n) is 5.65. The van der Waals surface area contributed by atoms with E-state index in [1.54, 1.807) is 12.3 Å². The zero-order valence-electron chi connectivity index (χ0n) is 19.8. The molecule has 5 aromatic rings. The molecule has 0 amide bonds. The molecule has 0 saturated carbocycles. The van der Waals surface area contributed by atoms with E-state index in [-0.39, 0.29) is 11.6 Å². The summed E-state index contributed by atoms with van der Waals surface area (Å²) in [5.74, 6) is 0.477. The summed E-state index contributed by atoms with van der Waals surface area (Å²) in [6, 6.07) is 24.4. The average Bonchev–Trinajstić information content (AvgIpc) is 3.29. The van der Waals surface area contributed by atoms with E-state index in [1.165, 1.54) is 27.6 Å². The number of nitrogens with one attached hydrogen (secondary N) is 2. The third-order valence-electron chi connectivity index (χ3n) is 7.38. The van der Waals surface area contributed by atoms with Crippen molar-refractivity contribution in [3.63, 3.8) is 0 Å². The van der Waals surface area contributed by atoms with Gasteiger partial charge in [-0.05, 0) is 58.7 Å². The van der Waals surface area contributed by atoms with Crippen molar-refractivity contribution in [3.05, 3.63) is 100 Å². The summed E-state index contributed by atoms with van der Waals surface area (Å²) in [4.78, 5) is 25.0. The maximum Gasteiger partial charge on any atom is 0.252 e. The van der Waals surface area contributed by atoms with Crippen LogP contribution in [0.1, 0.15) is 17.2 Å².